The molecular formula is C15H20N6O. The number of nitrogens with zero attached hydrogens (tertiary/aromatic N) is 6. The van der Waals surface area contributed by atoms with Crippen molar-refractivity contribution in [2.75, 3.05) is 20.6 Å². The lowest BCUT2D eigenvalue weighted by molar-refractivity contribution is 0.322. The molecule has 0 bridgehead atoms. The minimum absolute atomic E-state index is 0.625. The summed E-state index contributed by atoms with van der Waals surface area (Å²) in [6.45, 7) is 1.36. The molecule has 0 amide bonds. The van der Waals surface area contributed by atoms with Gasteiger partial charge >= 0.3 is 0 Å². The van der Waals surface area contributed by atoms with Gasteiger partial charge in [-0.3, -0.25) is 9.67 Å². The van der Waals surface area contributed by atoms with Crippen LogP contribution in [-0.2, 0) is 6.54 Å². The second kappa shape index (κ2) is 7.92. The average molecular weight is 300 g/mol. The number of oxime groups is 1. The molecule has 0 saturated heterocycles. The molecule has 1 N–H and O–H groups in total. The Kier molecular flexibility index (Phi) is 5.65. The molecule has 0 atom stereocenters. The summed E-state index contributed by atoms with van der Waals surface area (Å²) < 4.78 is 1.81. The molecule has 2 aromatic rings. The van der Waals surface area contributed by atoms with E-state index in [1.807, 2.05) is 55.3 Å². The van der Waals surface area contributed by atoms with E-state index in [2.05, 4.69) is 20.5 Å². The Morgan fingerprint density at radius 1 is 1.32 bits per heavy atom. The molecule has 116 valence electrons. The number of amidine groups is 1. The summed E-state index contributed by atoms with van der Waals surface area (Å²) in [6.07, 6.45) is 4.08. The summed E-state index contributed by atoms with van der Waals surface area (Å²) in [5, 5.41) is 19.9. The van der Waals surface area contributed by atoms with Gasteiger partial charge in [-0.25, -0.2) is 0 Å². The van der Waals surface area contributed by atoms with Crippen molar-refractivity contribution < 1.29 is 5.21 Å². The highest BCUT2D eigenvalue weighted by Crippen LogP contribution is 2.14. The zero-order valence-electron chi connectivity index (χ0n) is 12.8. The number of aryl methyl sites for hydroxylation is 1. The topological polar surface area (TPSA) is 78.9 Å². The third kappa shape index (κ3) is 4.41. The Hall–Kier alpha value is -2.70. The predicted molar refractivity (Wildman–Crippen MR) is 86.3 cm³/mol. The van der Waals surface area contributed by atoms with Gasteiger partial charge in [0.25, 0.3) is 0 Å². The summed E-state index contributed by atoms with van der Waals surface area (Å²) in [5.74, 6) is 0.631. The van der Waals surface area contributed by atoms with E-state index in [-0.39, 0.29) is 0 Å². The van der Waals surface area contributed by atoms with Crippen LogP contribution in [0.1, 0.15) is 6.42 Å². The quantitative estimate of drug-likeness (QED) is 0.290. The van der Waals surface area contributed by atoms with Gasteiger partial charge in [-0.05, 0) is 6.42 Å². The first-order chi connectivity index (χ1) is 10.7. The average Bonchev–Trinajstić information content (AvgIpc) is 3.00. The third-order valence-corrected chi connectivity index (χ3v) is 3.06. The number of aromatic nitrogens is 3. The lowest BCUT2D eigenvalue weighted by Crippen LogP contribution is -2.23. The van der Waals surface area contributed by atoms with Crippen molar-refractivity contribution in [1.29, 1.82) is 0 Å². The van der Waals surface area contributed by atoms with Crippen LogP contribution in [0.4, 0.5) is 0 Å². The fourth-order valence-electron chi connectivity index (χ4n) is 1.92. The van der Waals surface area contributed by atoms with Crippen LogP contribution in [0, 0.1) is 0 Å². The Balaban J connectivity index is 1.88. The molecule has 1 aromatic carbocycles. The Morgan fingerprint density at radius 2 is 2.09 bits per heavy atom. The van der Waals surface area contributed by atoms with Crippen molar-refractivity contribution in [3.63, 3.8) is 0 Å². The second-order valence-electron chi connectivity index (χ2n) is 4.97. The molecule has 0 aliphatic heterocycles. The number of hydrogen-bond acceptors (Lipinski definition) is 5. The van der Waals surface area contributed by atoms with Gasteiger partial charge in [0, 0.05) is 32.7 Å². The fraction of sp³-hybridized carbons (Fsp3) is 0.333. The number of benzene rings is 1. The van der Waals surface area contributed by atoms with Crippen LogP contribution in [0.5, 0.6) is 0 Å². The van der Waals surface area contributed by atoms with Gasteiger partial charge in [-0.1, -0.05) is 40.7 Å². The van der Waals surface area contributed by atoms with Crippen LogP contribution in [0.2, 0.25) is 0 Å². The number of aliphatic imine (C=N–C) groups is 1. The zero-order valence-corrected chi connectivity index (χ0v) is 12.8. The standard InChI is InChI=1S/C15H20N6O/c1-20(2)15(11-17-22)16-9-6-10-21-12-14(18-19-21)13-7-4-3-5-8-13/h3-5,7-8,11-12,22H,6,9-10H2,1-2H3/b16-15-,17-11+. The first-order valence-corrected chi connectivity index (χ1v) is 7.05. The minimum Gasteiger partial charge on any atom is -0.411 e. The Bertz CT molecular complexity index is 632. The van der Waals surface area contributed by atoms with E-state index in [1.165, 1.54) is 6.21 Å². The Labute approximate surface area is 129 Å². The maximum atomic E-state index is 8.57. The fourth-order valence-corrected chi connectivity index (χ4v) is 1.92. The van der Waals surface area contributed by atoms with Crippen molar-refractivity contribution in [3.05, 3.63) is 36.5 Å². The predicted octanol–water partition coefficient (Wildman–Crippen LogP) is 1.76. The maximum Gasteiger partial charge on any atom is 0.145 e. The SMILES string of the molecule is CN(C)C(/C=N/O)=N\CCCn1cc(-c2ccccc2)nn1. The molecule has 1 aromatic heterocycles. The minimum atomic E-state index is 0.625. The highest BCUT2D eigenvalue weighted by Gasteiger charge is 2.03. The molecule has 0 fully saturated rings. The number of hydrogen-bond donors (Lipinski definition) is 1. The third-order valence-electron chi connectivity index (χ3n) is 3.06. The first-order valence-electron chi connectivity index (χ1n) is 7.05. The molecule has 0 saturated carbocycles. The van der Waals surface area contributed by atoms with E-state index in [4.69, 9.17) is 5.21 Å². The summed E-state index contributed by atoms with van der Waals surface area (Å²) in [7, 11) is 3.70. The monoisotopic (exact) mass is 300 g/mol. The molecule has 0 aliphatic rings. The van der Waals surface area contributed by atoms with Crippen molar-refractivity contribution in [2.45, 2.75) is 13.0 Å². The van der Waals surface area contributed by atoms with E-state index in [1.54, 1.807) is 4.90 Å². The van der Waals surface area contributed by atoms with Gasteiger partial charge in [0.05, 0.1) is 6.20 Å². The highest BCUT2D eigenvalue weighted by atomic mass is 16.4. The van der Waals surface area contributed by atoms with Gasteiger partial charge in [0.1, 0.15) is 17.7 Å². The summed E-state index contributed by atoms with van der Waals surface area (Å²) >= 11 is 0. The lowest BCUT2D eigenvalue weighted by atomic mass is 10.2. The van der Waals surface area contributed by atoms with E-state index in [0.29, 0.717) is 12.4 Å². The van der Waals surface area contributed by atoms with Gasteiger partial charge < -0.3 is 10.1 Å². The van der Waals surface area contributed by atoms with Crippen molar-refractivity contribution in [2.24, 2.45) is 10.1 Å². The molecule has 22 heavy (non-hydrogen) atoms. The molecule has 0 radical (unpaired) electrons. The maximum absolute atomic E-state index is 8.57. The van der Waals surface area contributed by atoms with E-state index >= 15 is 0 Å². The van der Waals surface area contributed by atoms with Crippen molar-refractivity contribution in [1.82, 2.24) is 19.9 Å². The summed E-state index contributed by atoms with van der Waals surface area (Å²) in [5.41, 5.74) is 1.92. The Morgan fingerprint density at radius 3 is 2.77 bits per heavy atom. The van der Waals surface area contributed by atoms with Gasteiger partial charge in [0.2, 0.25) is 0 Å². The normalized spacial score (nSPS) is 12.0. The largest absolute Gasteiger partial charge is 0.411 e. The number of rotatable bonds is 6. The zero-order chi connectivity index (χ0) is 15.8. The van der Waals surface area contributed by atoms with Crippen LogP contribution in [0.25, 0.3) is 11.3 Å². The molecule has 2 rings (SSSR count). The van der Waals surface area contributed by atoms with Crippen LogP contribution in [0.3, 0.4) is 0 Å². The molecule has 7 nitrogen and oxygen atoms in total. The molecule has 0 spiro atoms. The summed E-state index contributed by atoms with van der Waals surface area (Å²) in [6, 6.07) is 9.96. The van der Waals surface area contributed by atoms with Crippen LogP contribution in [0.15, 0.2) is 46.7 Å². The summed E-state index contributed by atoms with van der Waals surface area (Å²) in [4.78, 5) is 6.16. The molecule has 0 unspecified atom stereocenters. The smallest absolute Gasteiger partial charge is 0.145 e. The van der Waals surface area contributed by atoms with Crippen LogP contribution < -0.4 is 0 Å². The molecular weight excluding hydrogens is 280 g/mol. The van der Waals surface area contributed by atoms with Crippen molar-refractivity contribution in [3.8, 4) is 11.3 Å². The van der Waals surface area contributed by atoms with Gasteiger partial charge in [-0.15, -0.1) is 5.10 Å². The van der Waals surface area contributed by atoms with Crippen LogP contribution >= 0.6 is 0 Å². The second-order valence-corrected chi connectivity index (χ2v) is 4.97. The molecule has 1 heterocycles. The highest BCUT2D eigenvalue weighted by molar-refractivity contribution is 6.28. The lowest BCUT2D eigenvalue weighted by Gasteiger charge is -2.10. The van der Waals surface area contributed by atoms with Gasteiger partial charge in [0.15, 0.2) is 0 Å². The van der Waals surface area contributed by atoms with Gasteiger partial charge in [-0.2, -0.15) is 0 Å². The van der Waals surface area contributed by atoms with E-state index in [9.17, 15) is 0 Å². The molecule has 0 aliphatic carbocycles. The van der Waals surface area contributed by atoms with E-state index in [0.717, 1.165) is 24.2 Å². The van der Waals surface area contributed by atoms with Crippen molar-refractivity contribution >= 4 is 12.1 Å². The first kappa shape index (κ1) is 15.7. The van der Waals surface area contributed by atoms with E-state index < -0.39 is 0 Å². The van der Waals surface area contributed by atoms with Crippen LogP contribution in [-0.4, -0.2) is 57.8 Å². The molecule has 7 heteroatoms.